The number of aliphatic imine (C=N–C) groups is 1. The van der Waals surface area contributed by atoms with Crippen LogP contribution in [-0.2, 0) is 6.42 Å². The van der Waals surface area contributed by atoms with E-state index in [4.69, 9.17) is 0 Å². The van der Waals surface area contributed by atoms with Gasteiger partial charge >= 0.3 is 0 Å². The lowest BCUT2D eigenvalue weighted by atomic mass is 9.97. The van der Waals surface area contributed by atoms with Crippen molar-refractivity contribution in [2.24, 2.45) is 4.99 Å². The van der Waals surface area contributed by atoms with Crippen LogP contribution in [0.1, 0.15) is 38.1 Å². The molecule has 0 saturated carbocycles. The van der Waals surface area contributed by atoms with Crippen molar-refractivity contribution in [3.63, 3.8) is 0 Å². The Labute approximate surface area is 127 Å². The highest BCUT2D eigenvalue weighted by Crippen LogP contribution is 2.29. The highest BCUT2D eigenvalue weighted by atomic mass is 15.5. The Morgan fingerprint density at radius 1 is 1.00 bits per heavy atom. The predicted octanol–water partition coefficient (Wildman–Crippen LogP) is 4.08. The molecule has 1 aliphatic rings. The van der Waals surface area contributed by atoms with Crippen LogP contribution in [0.25, 0.3) is 11.1 Å². The summed E-state index contributed by atoms with van der Waals surface area (Å²) in [5.41, 5.74) is 11.1. The number of hydrazine groups is 1. The van der Waals surface area contributed by atoms with Gasteiger partial charge in [0.1, 0.15) is 6.17 Å². The van der Waals surface area contributed by atoms with E-state index in [9.17, 15) is 0 Å². The maximum atomic E-state index is 4.38. The van der Waals surface area contributed by atoms with Gasteiger partial charge in [-0.05, 0) is 23.1 Å². The Kier molecular flexibility index (Phi) is 5.52. The van der Waals surface area contributed by atoms with Gasteiger partial charge in [0, 0.05) is 5.56 Å². The number of hydrogen-bond donors (Lipinski definition) is 2. The van der Waals surface area contributed by atoms with E-state index in [-0.39, 0.29) is 6.17 Å². The largest absolute Gasteiger partial charge is 0.310 e. The van der Waals surface area contributed by atoms with Crippen LogP contribution in [0.4, 0.5) is 0 Å². The van der Waals surface area contributed by atoms with E-state index >= 15 is 0 Å². The van der Waals surface area contributed by atoms with E-state index in [0.717, 1.165) is 6.42 Å². The fraction of sp³-hybridized carbons (Fsp3) is 0.278. The van der Waals surface area contributed by atoms with Crippen molar-refractivity contribution in [1.29, 1.82) is 0 Å². The average Bonchev–Trinajstić information content (AvgIpc) is 3.11. The van der Waals surface area contributed by atoms with Crippen LogP contribution < -0.4 is 10.9 Å². The minimum Gasteiger partial charge on any atom is -0.310 e. The first-order chi connectivity index (χ1) is 10.4. The highest BCUT2D eigenvalue weighted by Gasteiger charge is 2.16. The summed E-state index contributed by atoms with van der Waals surface area (Å²) in [6.07, 6.45) is 2.75. The molecule has 0 saturated heterocycles. The number of nitrogens with zero attached hydrogens (tertiary/aromatic N) is 1. The quantitative estimate of drug-likeness (QED) is 0.889. The molecule has 110 valence electrons. The summed E-state index contributed by atoms with van der Waals surface area (Å²) in [4.78, 5) is 4.38. The monoisotopic (exact) mass is 281 g/mol. The van der Waals surface area contributed by atoms with Gasteiger partial charge in [0.05, 0.1) is 6.34 Å². The Balaban J connectivity index is 0.000000774. The van der Waals surface area contributed by atoms with Crippen molar-refractivity contribution in [3.05, 3.63) is 59.7 Å². The molecular weight excluding hydrogens is 258 g/mol. The summed E-state index contributed by atoms with van der Waals surface area (Å²) in [5, 5.41) is 0. The van der Waals surface area contributed by atoms with Gasteiger partial charge in [0.25, 0.3) is 0 Å². The van der Waals surface area contributed by atoms with Crippen molar-refractivity contribution < 1.29 is 0 Å². The normalized spacial score (nSPS) is 16.0. The van der Waals surface area contributed by atoms with Gasteiger partial charge in [-0.1, -0.05) is 69.3 Å². The van der Waals surface area contributed by atoms with Crippen molar-refractivity contribution in [2.45, 2.75) is 33.4 Å². The topological polar surface area (TPSA) is 36.4 Å². The lowest BCUT2D eigenvalue weighted by molar-refractivity contribution is 0.577. The van der Waals surface area contributed by atoms with Crippen LogP contribution in [-0.4, -0.2) is 6.34 Å². The van der Waals surface area contributed by atoms with Crippen molar-refractivity contribution in [2.75, 3.05) is 0 Å². The summed E-state index contributed by atoms with van der Waals surface area (Å²) in [6, 6.07) is 17.1. The predicted molar refractivity (Wildman–Crippen MR) is 90.1 cm³/mol. The van der Waals surface area contributed by atoms with Gasteiger partial charge in [0.2, 0.25) is 0 Å². The van der Waals surface area contributed by atoms with E-state index in [2.05, 4.69) is 71.3 Å². The van der Waals surface area contributed by atoms with E-state index in [0.29, 0.717) is 0 Å². The Bertz CT molecular complexity index is 588. The van der Waals surface area contributed by atoms with E-state index in [1.807, 2.05) is 13.8 Å². The average molecular weight is 281 g/mol. The molecule has 3 nitrogen and oxygen atoms in total. The third-order valence-electron chi connectivity index (χ3n) is 3.44. The molecule has 0 fully saturated rings. The van der Waals surface area contributed by atoms with Gasteiger partial charge in [-0.3, -0.25) is 0 Å². The molecule has 2 N–H and O–H groups in total. The van der Waals surface area contributed by atoms with Gasteiger partial charge in [-0.25, -0.2) is 10.4 Å². The van der Waals surface area contributed by atoms with Crippen LogP contribution in [0.5, 0.6) is 0 Å². The molecule has 1 heterocycles. The second-order valence-corrected chi connectivity index (χ2v) is 4.61. The molecule has 0 aliphatic carbocycles. The minimum atomic E-state index is -0.0120. The lowest BCUT2D eigenvalue weighted by Crippen LogP contribution is -2.26. The fourth-order valence-electron chi connectivity index (χ4n) is 2.34. The van der Waals surface area contributed by atoms with Gasteiger partial charge < -0.3 is 5.43 Å². The van der Waals surface area contributed by atoms with Gasteiger partial charge in [-0.15, -0.1) is 0 Å². The smallest absolute Gasteiger partial charge is 0.144 e. The Hall–Kier alpha value is -2.13. The molecule has 0 radical (unpaired) electrons. The molecule has 0 aromatic heterocycles. The van der Waals surface area contributed by atoms with Crippen LogP contribution in [0.3, 0.4) is 0 Å². The molecule has 0 bridgehead atoms. The zero-order valence-corrected chi connectivity index (χ0v) is 12.9. The minimum absolute atomic E-state index is 0.0120. The van der Waals surface area contributed by atoms with E-state index in [1.54, 1.807) is 6.34 Å². The third-order valence-corrected chi connectivity index (χ3v) is 3.44. The molecule has 21 heavy (non-hydrogen) atoms. The van der Waals surface area contributed by atoms with Crippen molar-refractivity contribution in [1.82, 2.24) is 10.9 Å². The SMILES string of the molecule is CC.CCc1ccc(-c2ccccc2C2N=CNN2)cc1. The Morgan fingerprint density at radius 2 is 1.71 bits per heavy atom. The highest BCUT2D eigenvalue weighted by molar-refractivity contribution is 5.69. The summed E-state index contributed by atoms with van der Waals surface area (Å²) >= 11 is 0. The maximum absolute atomic E-state index is 4.38. The lowest BCUT2D eigenvalue weighted by Gasteiger charge is -2.14. The third kappa shape index (κ3) is 3.50. The molecule has 1 unspecified atom stereocenters. The molecule has 1 aliphatic heterocycles. The van der Waals surface area contributed by atoms with Crippen molar-refractivity contribution >= 4 is 6.34 Å². The summed E-state index contributed by atoms with van der Waals surface area (Å²) in [7, 11) is 0. The Morgan fingerprint density at radius 3 is 2.33 bits per heavy atom. The molecule has 1 atom stereocenters. The molecule has 2 aromatic rings. The molecule has 0 amide bonds. The van der Waals surface area contributed by atoms with Gasteiger partial charge in [-0.2, -0.15) is 0 Å². The van der Waals surface area contributed by atoms with Gasteiger partial charge in [0.15, 0.2) is 0 Å². The first-order valence-electron chi connectivity index (χ1n) is 7.59. The molecule has 3 heteroatoms. The standard InChI is InChI=1S/C16H17N3.C2H6/c1-2-12-7-9-13(10-8-12)14-5-3-4-6-15(14)16-17-11-18-19-16;1-2/h3-11,16,19H,2H2,1H3,(H,17,18);1-2H3. The molecule has 3 rings (SSSR count). The second-order valence-electron chi connectivity index (χ2n) is 4.61. The van der Waals surface area contributed by atoms with Crippen LogP contribution in [0.15, 0.2) is 53.5 Å². The van der Waals surface area contributed by atoms with E-state index in [1.165, 1.54) is 22.3 Å². The maximum Gasteiger partial charge on any atom is 0.144 e. The van der Waals surface area contributed by atoms with Crippen LogP contribution >= 0.6 is 0 Å². The number of hydrogen-bond acceptors (Lipinski definition) is 3. The number of rotatable bonds is 3. The summed E-state index contributed by atoms with van der Waals surface area (Å²) in [5.74, 6) is 0. The zero-order valence-electron chi connectivity index (χ0n) is 12.9. The van der Waals surface area contributed by atoms with Crippen LogP contribution in [0.2, 0.25) is 0 Å². The summed E-state index contributed by atoms with van der Waals surface area (Å²) in [6.45, 7) is 6.17. The molecule has 2 aromatic carbocycles. The number of benzene rings is 2. The molecular formula is C18H23N3. The second kappa shape index (κ2) is 7.60. The summed E-state index contributed by atoms with van der Waals surface area (Å²) < 4.78 is 0. The first kappa shape index (κ1) is 15.3. The first-order valence-corrected chi connectivity index (χ1v) is 7.59. The zero-order chi connectivity index (χ0) is 15.1. The fourth-order valence-corrected chi connectivity index (χ4v) is 2.34. The number of nitrogens with one attached hydrogen (secondary N) is 2. The van der Waals surface area contributed by atoms with E-state index < -0.39 is 0 Å². The van der Waals surface area contributed by atoms with Crippen LogP contribution in [0, 0.1) is 0 Å². The number of aryl methyl sites for hydroxylation is 1. The van der Waals surface area contributed by atoms with Crippen molar-refractivity contribution in [3.8, 4) is 11.1 Å². The molecule has 0 spiro atoms.